The first-order valence-corrected chi connectivity index (χ1v) is 9.26. The smallest absolute Gasteiger partial charge is 0.251 e. The van der Waals surface area contributed by atoms with Crippen molar-refractivity contribution >= 4 is 5.91 Å². The number of nitrogens with one attached hydrogen (secondary N) is 1. The molecule has 5 N–H and O–H groups in total. The third-order valence-electron chi connectivity index (χ3n) is 4.95. The summed E-state index contributed by atoms with van der Waals surface area (Å²) >= 11 is 0. The molecule has 0 saturated carbocycles. The van der Waals surface area contributed by atoms with Crippen molar-refractivity contribution in [1.29, 1.82) is 0 Å². The van der Waals surface area contributed by atoms with Gasteiger partial charge in [-0.2, -0.15) is 0 Å². The van der Waals surface area contributed by atoms with Crippen LogP contribution in [0.2, 0.25) is 0 Å². The molecule has 1 saturated heterocycles. The third kappa shape index (κ3) is 4.42. The van der Waals surface area contributed by atoms with Crippen LogP contribution in [0, 0.1) is 6.92 Å². The molecule has 1 aliphatic rings. The van der Waals surface area contributed by atoms with Gasteiger partial charge in [-0.3, -0.25) is 4.79 Å². The number of hydrogen-bond acceptors (Lipinski definition) is 7. The highest BCUT2D eigenvalue weighted by Gasteiger charge is 2.44. The Balaban J connectivity index is 1.81. The minimum atomic E-state index is -1.50. The Kier molecular flexibility index (Phi) is 6.51. The minimum absolute atomic E-state index is 0.175. The van der Waals surface area contributed by atoms with Crippen molar-refractivity contribution in [1.82, 2.24) is 5.32 Å². The van der Waals surface area contributed by atoms with E-state index in [0.717, 1.165) is 16.7 Å². The van der Waals surface area contributed by atoms with Crippen molar-refractivity contribution in [2.75, 3.05) is 13.7 Å². The molecule has 3 rings (SSSR count). The maximum Gasteiger partial charge on any atom is 0.251 e. The molecule has 8 nitrogen and oxygen atoms in total. The molecule has 0 radical (unpaired) electrons. The lowest BCUT2D eigenvalue weighted by atomic mass is 9.99. The summed E-state index contributed by atoms with van der Waals surface area (Å²) in [6.45, 7) is 1.29. The fourth-order valence-electron chi connectivity index (χ4n) is 3.24. The van der Waals surface area contributed by atoms with E-state index in [1.807, 2.05) is 19.1 Å². The number of benzene rings is 2. The lowest BCUT2D eigenvalue weighted by molar-refractivity contribution is -0.277. The molecule has 1 amide bonds. The predicted octanol–water partition coefficient (Wildman–Crippen LogP) is 0.200. The largest absolute Gasteiger partial charge is 0.462 e. The SMILES string of the molecule is CNC(=O)c1cccc(-c2ccc(O[C@H]3O[C@H](CO)[C@@H](O)C(O)C3O)c(C)c2)c1. The second kappa shape index (κ2) is 8.89. The molecule has 156 valence electrons. The van der Waals surface area contributed by atoms with Crippen LogP contribution >= 0.6 is 0 Å². The zero-order valence-corrected chi connectivity index (χ0v) is 16.1. The van der Waals surface area contributed by atoms with Crippen molar-refractivity contribution in [3.63, 3.8) is 0 Å². The zero-order valence-electron chi connectivity index (χ0n) is 16.1. The van der Waals surface area contributed by atoms with E-state index < -0.39 is 37.3 Å². The highest BCUT2D eigenvalue weighted by atomic mass is 16.7. The molecule has 2 unspecified atom stereocenters. The zero-order chi connectivity index (χ0) is 21.1. The summed E-state index contributed by atoms with van der Waals surface area (Å²) in [6, 6.07) is 12.6. The van der Waals surface area contributed by atoms with E-state index in [4.69, 9.17) is 9.47 Å². The highest BCUT2D eigenvalue weighted by molar-refractivity contribution is 5.95. The quantitative estimate of drug-likeness (QED) is 0.482. The number of aryl methyl sites for hydroxylation is 1. The molecule has 0 aliphatic carbocycles. The number of rotatable bonds is 5. The summed E-state index contributed by atoms with van der Waals surface area (Å²) < 4.78 is 11.1. The molecule has 5 atom stereocenters. The van der Waals surface area contributed by atoms with Gasteiger partial charge in [-0.1, -0.05) is 18.2 Å². The van der Waals surface area contributed by atoms with Crippen molar-refractivity contribution in [3.05, 3.63) is 53.6 Å². The number of amides is 1. The summed E-state index contributed by atoms with van der Waals surface area (Å²) in [5.41, 5.74) is 3.01. The normalized spacial score (nSPS) is 26.8. The van der Waals surface area contributed by atoms with Gasteiger partial charge in [0.15, 0.2) is 0 Å². The number of aliphatic hydroxyl groups excluding tert-OH is 4. The van der Waals surface area contributed by atoms with Gasteiger partial charge in [0.2, 0.25) is 6.29 Å². The fourth-order valence-corrected chi connectivity index (χ4v) is 3.24. The van der Waals surface area contributed by atoms with Crippen LogP contribution in [0.15, 0.2) is 42.5 Å². The summed E-state index contributed by atoms with van der Waals surface area (Å²) in [7, 11) is 1.57. The molecular formula is C21H25NO7. The molecule has 2 aromatic rings. The third-order valence-corrected chi connectivity index (χ3v) is 4.95. The first kappa shape index (κ1) is 21.2. The fraction of sp³-hybridized carbons (Fsp3) is 0.381. The summed E-state index contributed by atoms with van der Waals surface area (Å²) in [5.74, 6) is 0.242. The van der Waals surface area contributed by atoms with Gasteiger partial charge < -0.3 is 35.2 Å². The standard InChI is InChI=1S/C21H25NO7/c1-11-8-13(12-4-3-5-14(9-12)20(27)22-2)6-7-15(11)28-21-19(26)18(25)17(24)16(10-23)29-21/h3-9,16-19,21,23-26H,10H2,1-2H3,(H,22,27)/t16-,17-,18?,19?,21+/m1/s1. The number of aliphatic hydroxyl groups is 4. The van der Waals surface area contributed by atoms with E-state index in [1.54, 1.807) is 37.4 Å². The molecule has 2 aromatic carbocycles. The monoisotopic (exact) mass is 403 g/mol. The van der Waals surface area contributed by atoms with Crippen molar-refractivity contribution in [3.8, 4) is 16.9 Å². The molecule has 1 fully saturated rings. The number of hydrogen-bond donors (Lipinski definition) is 5. The van der Waals surface area contributed by atoms with Crippen molar-refractivity contribution in [2.45, 2.75) is 37.6 Å². The number of carbonyl (C=O) groups is 1. The van der Waals surface area contributed by atoms with Gasteiger partial charge >= 0.3 is 0 Å². The van der Waals surface area contributed by atoms with Crippen LogP contribution < -0.4 is 10.1 Å². The molecule has 0 aromatic heterocycles. The second-order valence-corrected chi connectivity index (χ2v) is 6.96. The van der Waals surface area contributed by atoms with Gasteiger partial charge in [-0.15, -0.1) is 0 Å². The van der Waals surface area contributed by atoms with Gasteiger partial charge in [-0.05, 0) is 47.9 Å². The van der Waals surface area contributed by atoms with Gasteiger partial charge in [0.25, 0.3) is 5.91 Å². The molecule has 1 heterocycles. The van der Waals surface area contributed by atoms with E-state index >= 15 is 0 Å². The average Bonchev–Trinajstić information content (AvgIpc) is 2.74. The Morgan fingerprint density at radius 1 is 1.07 bits per heavy atom. The molecular weight excluding hydrogens is 378 g/mol. The molecule has 0 bridgehead atoms. The van der Waals surface area contributed by atoms with Crippen LogP contribution in [0.4, 0.5) is 0 Å². The number of carbonyl (C=O) groups excluding carboxylic acids is 1. The molecule has 29 heavy (non-hydrogen) atoms. The minimum Gasteiger partial charge on any atom is -0.462 e. The Bertz CT molecular complexity index is 870. The first-order valence-electron chi connectivity index (χ1n) is 9.26. The van der Waals surface area contributed by atoms with E-state index in [-0.39, 0.29) is 5.91 Å². The van der Waals surface area contributed by atoms with Crippen LogP contribution in [-0.4, -0.2) is 70.7 Å². The summed E-state index contributed by atoms with van der Waals surface area (Å²) in [5, 5.41) is 41.8. The molecule has 8 heteroatoms. The Morgan fingerprint density at radius 2 is 1.79 bits per heavy atom. The Morgan fingerprint density at radius 3 is 2.45 bits per heavy atom. The highest BCUT2D eigenvalue weighted by Crippen LogP contribution is 2.30. The Labute approximate surface area is 168 Å². The van der Waals surface area contributed by atoms with Crippen molar-refractivity contribution < 1.29 is 34.7 Å². The Hall–Kier alpha value is -2.49. The second-order valence-electron chi connectivity index (χ2n) is 6.96. The van der Waals surface area contributed by atoms with Gasteiger partial charge in [0, 0.05) is 12.6 Å². The van der Waals surface area contributed by atoms with Crippen LogP contribution in [0.25, 0.3) is 11.1 Å². The maximum atomic E-state index is 11.8. The molecule has 1 aliphatic heterocycles. The number of ether oxygens (including phenoxy) is 2. The van der Waals surface area contributed by atoms with E-state index in [1.165, 1.54) is 0 Å². The topological polar surface area (TPSA) is 128 Å². The van der Waals surface area contributed by atoms with Crippen LogP contribution in [0.3, 0.4) is 0 Å². The van der Waals surface area contributed by atoms with Gasteiger partial charge in [-0.25, -0.2) is 0 Å². The maximum absolute atomic E-state index is 11.8. The van der Waals surface area contributed by atoms with Crippen LogP contribution in [-0.2, 0) is 4.74 Å². The van der Waals surface area contributed by atoms with Gasteiger partial charge in [0.05, 0.1) is 6.61 Å². The molecule has 0 spiro atoms. The van der Waals surface area contributed by atoms with Crippen LogP contribution in [0.1, 0.15) is 15.9 Å². The van der Waals surface area contributed by atoms with E-state index in [2.05, 4.69) is 5.32 Å². The van der Waals surface area contributed by atoms with Crippen molar-refractivity contribution in [2.24, 2.45) is 0 Å². The summed E-state index contributed by atoms with van der Waals surface area (Å²) in [6.07, 6.45) is -6.70. The first-order chi connectivity index (χ1) is 13.8. The lowest BCUT2D eigenvalue weighted by Gasteiger charge is -2.39. The van der Waals surface area contributed by atoms with E-state index in [0.29, 0.717) is 11.3 Å². The van der Waals surface area contributed by atoms with Gasteiger partial charge in [0.1, 0.15) is 30.2 Å². The predicted molar refractivity (Wildman–Crippen MR) is 104 cm³/mol. The lowest BCUT2D eigenvalue weighted by Crippen LogP contribution is -2.60. The van der Waals surface area contributed by atoms with E-state index in [9.17, 15) is 25.2 Å². The average molecular weight is 403 g/mol. The van der Waals surface area contributed by atoms with Crippen LogP contribution in [0.5, 0.6) is 5.75 Å². The summed E-state index contributed by atoms with van der Waals surface area (Å²) in [4.78, 5) is 11.8.